The van der Waals surface area contributed by atoms with Gasteiger partial charge in [-0.1, -0.05) is 12.1 Å². The van der Waals surface area contributed by atoms with Crippen LogP contribution in [0.4, 0.5) is 8.78 Å². The summed E-state index contributed by atoms with van der Waals surface area (Å²) in [5, 5.41) is 7.46. The molecule has 0 bridgehead atoms. The van der Waals surface area contributed by atoms with Crippen molar-refractivity contribution >= 4 is 9.84 Å². The lowest BCUT2D eigenvalue weighted by Crippen LogP contribution is -2.39. The molecule has 1 aliphatic carbocycles. The zero-order valence-corrected chi connectivity index (χ0v) is 14.7. The summed E-state index contributed by atoms with van der Waals surface area (Å²) in [7, 11) is -2.30. The van der Waals surface area contributed by atoms with Gasteiger partial charge in [-0.3, -0.25) is 0 Å². The number of para-hydroxylation sites is 2. The quantitative estimate of drug-likeness (QED) is 0.802. The number of sulfone groups is 1. The highest BCUT2D eigenvalue weighted by Crippen LogP contribution is 2.43. The highest BCUT2D eigenvalue weighted by molar-refractivity contribution is 7.91. The maximum atomic E-state index is 13.0. The van der Waals surface area contributed by atoms with E-state index >= 15 is 0 Å². The maximum Gasteiger partial charge on any atom is 0.249 e. The molecule has 1 atom stereocenters. The molecule has 1 unspecified atom stereocenters. The first kappa shape index (κ1) is 17.2. The van der Waals surface area contributed by atoms with E-state index in [2.05, 4.69) is 10.2 Å². The van der Waals surface area contributed by atoms with Crippen LogP contribution in [-0.4, -0.2) is 41.5 Å². The van der Waals surface area contributed by atoms with Crippen LogP contribution in [-0.2, 0) is 16.9 Å². The van der Waals surface area contributed by atoms with Gasteiger partial charge >= 0.3 is 0 Å². The van der Waals surface area contributed by atoms with Crippen LogP contribution in [0.3, 0.4) is 0 Å². The van der Waals surface area contributed by atoms with E-state index in [1.165, 1.54) is 11.6 Å². The van der Waals surface area contributed by atoms with Crippen LogP contribution in [0.5, 0.6) is 11.5 Å². The molecule has 26 heavy (non-hydrogen) atoms. The lowest BCUT2D eigenvalue weighted by molar-refractivity contribution is -0.103. The molecule has 0 N–H and O–H groups in total. The zero-order chi connectivity index (χ0) is 18.5. The third kappa shape index (κ3) is 3.02. The molecule has 2 heterocycles. The molecule has 1 saturated carbocycles. The molecule has 7 nitrogen and oxygen atoms in total. The molecule has 140 valence electrons. The molecule has 0 spiro atoms. The van der Waals surface area contributed by atoms with Crippen molar-refractivity contribution in [3.63, 3.8) is 0 Å². The van der Waals surface area contributed by atoms with Crippen LogP contribution in [0, 0.1) is 5.92 Å². The van der Waals surface area contributed by atoms with Gasteiger partial charge in [0.2, 0.25) is 20.9 Å². The van der Waals surface area contributed by atoms with Gasteiger partial charge in [-0.15, -0.1) is 10.2 Å². The summed E-state index contributed by atoms with van der Waals surface area (Å²) in [6.07, 6.45) is -1.43. The average molecular weight is 385 g/mol. The molecule has 2 aliphatic rings. The lowest BCUT2D eigenvalue weighted by Gasteiger charge is -2.34. The first-order valence-electron chi connectivity index (χ1n) is 8.13. The number of rotatable bonds is 4. The number of ether oxygens (including phenoxy) is 2. The summed E-state index contributed by atoms with van der Waals surface area (Å²) in [5.41, 5.74) is 0. The second-order valence-corrected chi connectivity index (χ2v) is 8.60. The Morgan fingerprint density at radius 2 is 1.92 bits per heavy atom. The lowest BCUT2D eigenvalue weighted by atomic mass is 9.83. The third-order valence-corrected chi connectivity index (χ3v) is 6.40. The summed E-state index contributed by atoms with van der Waals surface area (Å²) in [4.78, 5) is 0. The van der Waals surface area contributed by atoms with Crippen molar-refractivity contribution in [3.05, 3.63) is 30.1 Å². The molecule has 0 radical (unpaired) electrons. The number of nitrogens with zero attached hydrogens (tertiary/aromatic N) is 3. The smallest absolute Gasteiger partial charge is 0.249 e. The minimum Gasteiger partial charge on any atom is -0.485 e. The van der Waals surface area contributed by atoms with Crippen LogP contribution >= 0.6 is 0 Å². The SMILES string of the molecule is Cn1c(C2COc3ccccc3O2)nnc1S(=O)(=O)CC1CC(F)(F)C1. The van der Waals surface area contributed by atoms with Gasteiger partial charge in [0, 0.05) is 19.9 Å². The second kappa shape index (κ2) is 5.90. The van der Waals surface area contributed by atoms with E-state index in [1.807, 2.05) is 6.07 Å². The first-order chi connectivity index (χ1) is 12.3. The van der Waals surface area contributed by atoms with Gasteiger partial charge in [0.15, 0.2) is 23.4 Å². The van der Waals surface area contributed by atoms with Crippen LogP contribution in [0.1, 0.15) is 24.8 Å². The molecular formula is C16H17F2N3O4S. The van der Waals surface area contributed by atoms with Crippen LogP contribution in [0.25, 0.3) is 0 Å². The fraction of sp³-hybridized carbons (Fsp3) is 0.500. The van der Waals surface area contributed by atoms with Crippen LogP contribution < -0.4 is 9.47 Å². The predicted molar refractivity (Wildman–Crippen MR) is 86.0 cm³/mol. The molecule has 1 aromatic heterocycles. The van der Waals surface area contributed by atoms with Crippen molar-refractivity contribution in [2.45, 2.75) is 30.0 Å². The second-order valence-electron chi connectivity index (χ2n) is 6.68. The Bertz CT molecular complexity index is 937. The van der Waals surface area contributed by atoms with Crippen molar-refractivity contribution in [2.24, 2.45) is 13.0 Å². The number of alkyl halides is 2. The Labute approximate surface area is 148 Å². The van der Waals surface area contributed by atoms with Crippen LogP contribution in [0.15, 0.2) is 29.4 Å². The third-order valence-electron chi connectivity index (χ3n) is 4.57. The number of benzene rings is 1. The Kier molecular flexibility index (Phi) is 3.90. The summed E-state index contributed by atoms with van der Waals surface area (Å²) < 4.78 is 63.7. The van der Waals surface area contributed by atoms with E-state index in [1.54, 1.807) is 18.2 Å². The average Bonchev–Trinajstić information content (AvgIpc) is 2.95. The van der Waals surface area contributed by atoms with Gasteiger partial charge in [-0.25, -0.2) is 17.2 Å². The molecule has 1 aromatic carbocycles. The summed E-state index contributed by atoms with van der Waals surface area (Å²) in [6.45, 7) is 0.165. The monoisotopic (exact) mass is 385 g/mol. The minimum atomic E-state index is -3.82. The maximum absolute atomic E-state index is 13.0. The van der Waals surface area contributed by atoms with E-state index in [9.17, 15) is 17.2 Å². The zero-order valence-electron chi connectivity index (χ0n) is 13.9. The van der Waals surface area contributed by atoms with Gasteiger partial charge in [-0.2, -0.15) is 0 Å². The highest BCUT2D eigenvalue weighted by atomic mass is 32.2. The largest absolute Gasteiger partial charge is 0.485 e. The molecule has 0 saturated heterocycles. The van der Waals surface area contributed by atoms with E-state index in [-0.39, 0.29) is 17.5 Å². The standard InChI is InChI=1S/C16H17F2N3O4S/c1-21-14(13-8-24-11-4-2-3-5-12(11)25-13)19-20-15(21)26(22,23)9-10-6-16(17,18)7-10/h2-5,10,13H,6-9H2,1H3. The fourth-order valence-corrected chi connectivity index (χ4v) is 4.99. The normalized spacial score (nSPS) is 22.0. The van der Waals surface area contributed by atoms with E-state index < -0.39 is 40.6 Å². The van der Waals surface area contributed by atoms with E-state index in [4.69, 9.17) is 9.47 Å². The number of fused-ring (bicyclic) bond motifs is 1. The van der Waals surface area contributed by atoms with Crippen LogP contribution in [0.2, 0.25) is 0 Å². The Morgan fingerprint density at radius 1 is 1.23 bits per heavy atom. The molecule has 1 aliphatic heterocycles. The number of hydrogen-bond donors (Lipinski definition) is 0. The van der Waals surface area contributed by atoms with Crippen molar-refractivity contribution in [1.82, 2.24) is 14.8 Å². The molecule has 4 rings (SSSR count). The highest BCUT2D eigenvalue weighted by Gasteiger charge is 2.47. The molecule has 1 fully saturated rings. The molecule has 2 aromatic rings. The van der Waals surface area contributed by atoms with Crippen molar-refractivity contribution in [2.75, 3.05) is 12.4 Å². The topological polar surface area (TPSA) is 83.3 Å². The predicted octanol–water partition coefficient (Wildman–Crippen LogP) is 2.15. The minimum absolute atomic E-state index is 0.165. The summed E-state index contributed by atoms with van der Waals surface area (Å²) in [5.74, 6) is -2.24. The fourth-order valence-electron chi connectivity index (χ4n) is 3.31. The van der Waals surface area contributed by atoms with Gasteiger partial charge in [-0.05, 0) is 18.1 Å². The molecule has 0 amide bonds. The summed E-state index contributed by atoms with van der Waals surface area (Å²) in [6, 6.07) is 7.13. The Hall–Kier alpha value is -2.23. The first-order valence-corrected chi connectivity index (χ1v) is 9.79. The van der Waals surface area contributed by atoms with Gasteiger partial charge in [0.05, 0.1) is 5.75 Å². The molecule has 10 heteroatoms. The summed E-state index contributed by atoms with van der Waals surface area (Å²) >= 11 is 0. The van der Waals surface area contributed by atoms with Gasteiger partial charge < -0.3 is 14.0 Å². The number of aromatic nitrogens is 3. The van der Waals surface area contributed by atoms with Crippen molar-refractivity contribution in [3.8, 4) is 11.5 Å². The van der Waals surface area contributed by atoms with Crippen molar-refractivity contribution < 1.29 is 26.7 Å². The van der Waals surface area contributed by atoms with E-state index in [0.717, 1.165) is 0 Å². The molecular weight excluding hydrogens is 368 g/mol. The van der Waals surface area contributed by atoms with E-state index in [0.29, 0.717) is 17.3 Å². The van der Waals surface area contributed by atoms with Gasteiger partial charge in [0.25, 0.3) is 0 Å². The Morgan fingerprint density at radius 3 is 2.62 bits per heavy atom. The van der Waals surface area contributed by atoms with Gasteiger partial charge in [0.1, 0.15) is 6.61 Å². The van der Waals surface area contributed by atoms with Crippen molar-refractivity contribution in [1.29, 1.82) is 0 Å². The number of halogens is 2. The Balaban J connectivity index is 1.53. The number of hydrogen-bond acceptors (Lipinski definition) is 6.